The summed E-state index contributed by atoms with van der Waals surface area (Å²) in [6, 6.07) is 15.5. The first-order chi connectivity index (χ1) is 12.9. The van der Waals surface area contributed by atoms with Gasteiger partial charge in [-0.15, -0.1) is 0 Å². The molecule has 1 heterocycles. The number of esters is 1. The van der Waals surface area contributed by atoms with E-state index in [-0.39, 0.29) is 11.9 Å². The molecule has 0 saturated carbocycles. The zero-order valence-electron chi connectivity index (χ0n) is 14.8. The van der Waals surface area contributed by atoms with E-state index in [0.717, 1.165) is 4.47 Å². The van der Waals surface area contributed by atoms with Gasteiger partial charge in [-0.2, -0.15) is 0 Å². The van der Waals surface area contributed by atoms with Crippen LogP contribution in [0.5, 0.6) is 5.75 Å². The van der Waals surface area contributed by atoms with E-state index in [9.17, 15) is 9.90 Å². The number of carbonyl (C=O) groups excluding carboxylic acids is 1. The molecule has 0 aliphatic carbocycles. The van der Waals surface area contributed by atoms with Crippen molar-refractivity contribution in [3.63, 3.8) is 0 Å². The van der Waals surface area contributed by atoms with Gasteiger partial charge >= 0.3 is 5.97 Å². The number of ether oxygens (including phenoxy) is 1. The lowest BCUT2D eigenvalue weighted by atomic mass is 10.1. The molecule has 6 heteroatoms. The lowest BCUT2D eigenvalue weighted by Crippen LogP contribution is -2.12. The van der Waals surface area contributed by atoms with Crippen LogP contribution >= 0.6 is 15.9 Å². The molecule has 0 atom stereocenters. The van der Waals surface area contributed by atoms with Crippen LogP contribution in [0.1, 0.15) is 30.0 Å². The van der Waals surface area contributed by atoms with Crippen molar-refractivity contribution < 1.29 is 19.1 Å². The molecule has 0 aliphatic rings. The van der Waals surface area contributed by atoms with Gasteiger partial charge in [0.1, 0.15) is 17.3 Å². The molecule has 0 amide bonds. The maximum atomic E-state index is 12.4. The fourth-order valence-corrected chi connectivity index (χ4v) is 2.78. The van der Waals surface area contributed by atoms with Gasteiger partial charge in [-0.1, -0.05) is 15.9 Å². The molecule has 0 radical (unpaired) electrons. The molecule has 0 bridgehead atoms. The molecule has 0 saturated heterocycles. The van der Waals surface area contributed by atoms with Crippen molar-refractivity contribution in [3.8, 4) is 17.1 Å². The summed E-state index contributed by atoms with van der Waals surface area (Å²) in [7, 11) is 0. The number of hydrogen-bond acceptors (Lipinski definition) is 5. The van der Waals surface area contributed by atoms with Gasteiger partial charge in [0.15, 0.2) is 0 Å². The molecule has 0 spiro atoms. The fourth-order valence-electron chi connectivity index (χ4n) is 2.42. The van der Waals surface area contributed by atoms with Crippen LogP contribution in [0.2, 0.25) is 0 Å². The largest absolute Gasteiger partial charge is 0.508 e. The highest BCUT2D eigenvalue weighted by Gasteiger charge is 2.18. The Morgan fingerprint density at radius 1 is 1.15 bits per heavy atom. The third kappa shape index (κ3) is 4.86. The smallest absolute Gasteiger partial charge is 0.339 e. The maximum absolute atomic E-state index is 12.4. The van der Waals surface area contributed by atoms with Gasteiger partial charge in [0.05, 0.1) is 23.6 Å². The van der Waals surface area contributed by atoms with Gasteiger partial charge in [0.25, 0.3) is 0 Å². The van der Waals surface area contributed by atoms with E-state index in [1.54, 1.807) is 68.6 Å². The number of aromatic hydroxyl groups is 1. The van der Waals surface area contributed by atoms with Crippen molar-refractivity contribution in [1.29, 1.82) is 0 Å². The van der Waals surface area contributed by atoms with Crippen molar-refractivity contribution in [3.05, 3.63) is 70.4 Å². The summed E-state index contributed by atoms with van der Waals surface area (Å²) >= 11 is 3.39. The number of hydrogen-bond donors (Lipinski definition) is 1. The Labute approximate surface area is 165 Å². The SMILES string of the molecule is CC(C)OC(=O)c1cc(Br)ccc1-c1ccc(C=Nc2ccc(O)cc2)o1. The topological polar surface area (TPSA) is 72.0 Å². The number of phenols is 1. The van der Waals surface area contributed by atoms with Crippen LogP contribution in [0.4, 0.5) is 5.69 Å². The molecule has 5 nitrogen and oxygen atoms in total. The highest BCUT2D eigenvalue weighted by atomic mass is 79.9. The maximum Gasteiger partial charge on any atom is 0.339 e. The molecule has 27 heavy (non-hydrogen) atoms. The van der Waals surface area contributed by atoms with E-state index in [1.165, 1.54) is 0 Å². The van der Waals surface area contributed by atoms with Crippen LogP contribution in [0.15, 0.2) is 68.5 Å². The van der Waals surface area contributed by atoms with E-state index >= 15 is 0 Å². The van der Waals surface area contributed by atoms with Gasteiger partial charge in [0.2, 0.25) is 0 Å². The number of phenolic OH excluding ortho intramolecular Hbond substituents is 1. The molecule has 2 aromatic carbocycles. The molecule has 138 valence electrons. The highest BCUT2D eigenvalue weighted by molar-refractivity contribution is 9.10. The zero-order chi connectivity index (χ0) is 19.4. The summed E-state index contributed by atoms with van der Waals surface area (Å²) in [4.78, 5) is 16.7. The second-order valence-electron chi connectivity index (χ2n) is 6.12. The Hall–Kier alpha value is -2.86. The lowest BCUT2D eigenvalue weighted by Gasteiger charge is -2.11. The predicted molar refractivity (Wildman–Crippen MR) is 108 cm³/mol. The molecular formula is C21H18BrNO4. The average Bonchev–Trinajstić information content (AvgIpc) is 3.09. The van der Waals surface area contributed by atoms with Crippen LogP contribution in [0.25, 0.3) is 11.3 Å². The quantitative estimate of drug-likeness (QED) is 0.416. The standard InChI is InChI=1S/C21H18BrNO4/c1-13(2)26-21(25)19-11-14(22)3-9-18(19)20-10-8-17(27-20)12-23-15-4-6-16(24)7-5-15/h3-13,24H,1-2H3. The summed E-state index contributed by atoms with van der Waals surface area (Å²) in [6.45, 7) is 3.61. The summed E-state index contributed by atoms with van der Waals surface area (Å²) < 4.78 is 11.9. The summed E-state index contributed by atoms with van der Waals surface area (Å²) in [5.41, 5.74) is 1.76. The number of nitrogens with zero attached hydrogens (tertiary/aromatic N) is 1. The first-order valence-corrected chi connectivity index (χ1v) is 9.15. The van der Waals surface area contributed by atoms with Gasteiger partial charge in [-0.05, 0) is 68.4 Å². The van der Waals surface area contributed by atoms with Crippen LogP contribution in [-0.4, -0.2) is 23.4 Å². The molecule has 0 unspecified atom stereocenters. The minimum Gasteiger partial charge on any atom is -0.508 e. The minimum atomic E-state index is -0.406. The van der Waals surface area contributed by atoms with E-state index in [0.29, 0.717) is 28.3 Å². The lowest BCUT2D eigenvalue weighted by molar-refractivity contribution is 0.0378. The summed E-state index contributed by atoms with van der Waals surface area (Å²) in [5.74, 6) is 0.872. The van der Waals surface area contributed by atoms with Gasteiger partial charge in [-0.3, -0.25) is 4.99 Å². The van der Waals surface area contributed by atoms with Crippen molar-refractivity contribution in [2.75, 3.05) is 0 Å². The molecule has 1 aromatic heterocycles. The zero-order valence-corrected chi connectivity index (χ0v) is 16.4. The second kappa shape index (κ2) is 8.22. The van der Waals surface area contributed by atoms with Crippen LogP contribution in [0, 0.1) is 0 Å². The monoisotopic (exact) mass is 427 g/mol. The average molecular weight is 428 g/mol. The fraction of sp³-hybridized carbons (Fsp3) is 0.143. The van der Waals surface area contributed by atoms with Crippen LogP contribution < -0.4 is 0 Å². The number of carbonyl (C=O) groups is 1. The predicted octanol–water partition coefficient (Wildman–Crippen LogP) is 5.73. The van der Waals surface area contributed by atoms with Crippen molar-refractivity contribution >= 4 is 33.8 Å². The second-order valence-corrected chi connectivity index (χ2v) is 7.04. The first kappa shape index (κ1) is 18.9. The highest BCUT2D eigenvalue weighted by Crippen LogP contribution is 2.29. The molecule has 0 aliphatic heterocycles. The number of halogens is 1. The Bertz CT molecular complexity index is 974. The molecular weight excluding hydrogens is 410 g/mol. The Morgan fingerprint density at radius 2 is 1.89 bits per heavy atom. The third-order valence-corrected chi connectivity index (χ3v) is 4.12. The number of aliphatic imine (C=N–C) groups is 1. The number of rotatable bonds is 5. The van der Waals surface area contributed by atoms with Crippen molar-refractivity contribution in [1.82, 2.24) is 0 Å². The molecule has 3 rings (SSSR count). The molecule has 1 N–H and O–H groups in total. The van der Waals surface area contributed by atoms with Gasteiger partial charge in [-0.25, -0.2) is 4.79 Å². The Morgan fingerprint density at radius 3 is 2.59 bits per heavy atom. The number of benzene rings is 2. The minimum absolute atomic E-state index is 0.185. The Balaban J connectivity index is 1.87. The van der Waals surface area contributed by atoms with E-state index in [2.05, 4.69) is 20.9 Å². The van der Waals surface area contributed by atoms with Crippen molar-refractivity contribution in [2.24, 2.45) is 4.99 Å². The van der Waals surface area contributed by atoms with Gasteiger partial charge in [0, 0.05) is 10.0 Å². The van der Waals surface area contributed by atoms with Crippen LogP contribution in [0.3, 0.4) is 0 Å². The molecule has 0 fully saturated rings. The third-order valence-electron chi connectivity index (χ3n) is 3.63. The summed E-state index contributed by atoms with van der Waals surface area (Å²) in [5, 5.41) is 9.30. The van der Waals surface area contributed by atoms with Gasteiger partial charge < -0.3 is 14.3 Å². The van der Waals surface area contributed by atoms with E-state index in [4.69, 9.17) is 9.15 Å². The van der Waals surface area contributed by atoms with E-state index < -0.39 is 5.97 Å². The first-order valence-electron chi connectivity index (χ1n) is 8.36. The summed E-state index contributed by atoms with van der Waals surface area (Å²) in [6.07, 6.45) is 1.37. The van der Waals surface area contributed by atoms with Crippen molar-refractivity contribution in [2.45, 2.75) is 20.0 Å². The number of furan rings is 1. The Kier molecular flexibility index (Phi) is 5.76. The van der Waals surface area contributed by atoms with Crippen LogP contribution in [-0.2, 0) is 4.74 Å². The van der Waals surface area contributed by atoms with E-state index in [1.807, 2.05) is 6.07 Å². The molecule has 3 aromatic rings. The normalized spacial score (nSPS) is 11.3.